The average Bonchev–Trinajstić information content (AvgIpc) is 2.08. The van der Waals surface area contributed by atoms with Crippen LogP contribution in [-0.2, 0) is 9.16 Å². The van der Waals surface area contributed by atoms with Crippen molar-refractivity contribution in [1.29, 1.82) is 5.26 Å². The van der Waals surface area contributed by atoms with E-state index in [0.717, 1.165) is 19.4 Å². The highest BCUT2D eigenvalue weighted by Gasteiger charge is 2.14. The molecule has 0 saturated carbocycles. The number of hydrogen-bond donors (Lipinski definition) is 0. The minimum Gasteiger partial charge on any atom is -0.418 e. The summed E-state index contributed by atoms with van der Waals surface area (Å²) < 4.78 is 10.9. The van der Waals surface area contributed by atoms with Crippen molar-refractivity contribution in [2.24, 2.45) is 0 Å². The van der Waals surface area contributed by atoms with Crippen LogP contribution >= 0.6 is 0 Å². The lowest BCUT2D eigenvalue weighted by Crippen LogP contribution is -2.26. The molecule has 0 aromatic carbocycles. The standard InChI is InChI=1S/C10H21NO2Si/c1-5-12-10(9-11)7-6-8-13-14(2,3)4/h10H,5-8H2,1-4H3/t10-/m1/s1. The second-order valence-electron chi connectivity index (χ2n) is 4.18. The highest BCUT2D eigenvalue weighted by Crippen LogP contribution is 2.06. The van der Waals surface area contributed by atoms with Gasteiger partial charge in [0, 0.05) is 13.2 Å². The molecule has 3 nitrogen and oxygen atoms in total. The first-order valence-electron chi connectivity index (χ1n) is 5.14. The Bertz CT molecular complexity index is 184. The molecule has 14 heavy (non-hydrogen) atoms. The molecule has 0 aliphatic rings. The van der Waals surface area contributed by atoms with E-state index in [4.69, 9.17) is 14.4 Å². The van der Waals surface area contributed by atoms with Gasteiger partial charge in [0.1, 0.15) is 6.10 Å². The Morgan fingerprint density at radius 1 is 1.36 bits per heavy atom. The predicted octanol–water partition coefficient (Wildman–Crippen LogP) is 2.55. The number of ether oxygens (including phenoxy) is 1. The number of nitrogens with zero attached hydrogens (tertiary/aromatic N) is 1. The van der Waals surface area contributed by atoms with E-state index in [2.05, 4.69) is 25.7 Å². The summed E-state index contributed by atoms with van der Waals surface area (Å²) >= 11 is 0. The van der Waals surface area contributed by atoms with Crippen LogP contribution in [0.2, 0.25) is 19.6 Å². The smallest absolute Gasteiger partial charge is 0.183 e. The van der Waals surface area contributed by atoms with Gasteiger partial charge in [-0.1, -0.05) is 0 Å². The summed E-state index contributed by atoms with van der Waals surface area (Å²) in [6.07, 6.45) is 1.42. The van der Waals surface area contributed by atoms with Crippen LogP contribution in [0.4, 0.5) is 0 Å². The topological polar surface area (TPSA) is 42.2 Å². The molecule has 0 rings (SSSR count). The lowest BCUT2D eigenvalue weighted by molar-refractivity contribution is 0.0900. The predicted molar refractivity (Wildman–Crippen MR) is 59.6 cm³/mol. The van der Waals surface area contributed by atoms with Crippen LogP contribution in [0.5, 0.6) is 0 Å². The third-order valence-electron chi connectivity index (χ3n) is 1.66. The van der Waals surface area contributed by atoms with Gasteiger partial charge in [-0.15, -0.1) is 0 Å². The van der Waals surface area contributed by atoms with Crippen molar-refractivity contribution in [1.82, 2.24) is 0 Å². The first-order valence-corrected chi connectivity index (χ1v) is 8.55. The molecule has 0 saturated heterocycles. The zero-order valence-electron chi connectivity index (χ0n) is 9.67. The highest BCUT2D eigenvalue weighted by molar-refractivity contribution is 6.69. The molecule has 0 unspecified atom stereocenters. The van der Waals surface area contributed by atoms with Gasteiger partial charge in [0.25, 0.3) is 0 Å². The van der Waals surface area contributed by atoms with Crippen molar-refractivity contribution in [3.8, 4) is 6.07 Å². The van der Waals surface area contributed by atoms with Gasteiger partial charge < -0.3 is 9.16 Å². The third kappa shape index (κ3) is 8.24. The normalized spacial score (nSPS) is 13.6. The summed E-state index contributed by atoms with van der Waals surface area (Å²) in [6.45, 7) is 9.75. The number of hydrogen-bond acceptors (Lipinski definition) is 3. The van der Waals surface area contributed by atoms with Gasteiger partial charge in [-0.05, 0) is 39.4 Å². The van der Waals surface area contributed by atoms with E-state index in [1.54, 1.807) is 0 Å². The van der Waals surface area contributed by atoms with Crippen molar-refractivity contribution < 1.29 is 9.16 Å². The SMILES string of the molecule is CCO[C@@H](C#N)CCCO[Si](C)(C)C. The van der Waals surface area contributed by atoms with Crippen LogP contribution in [0.1, 0.15) is 19.8 Å². The van der Waals surface area contributed by atoms with Gasteiger partial charge >= 0.3 is 0 Å². The van der Waals surface area contributed by atoms with Crippen molar-refractivity contribution in [2.45, 2.75) is 45.5 Å². The van der Waals surface area contributed by atoms with Crippen LogP contribution in [-0.4, -0.2) is 27.6 Å². The molecule has 0 aromatic heterocycles. The van der Waals surface area contributed by atoms with Crippen LogP contribution in [0.3, 0.4) is 0 Å². The summed E-state index contributed by atoms with van der Waals surface area (Å²) in [7, 11) is -1.38. The summed E-state index contributed by atoms with van der Waals surface area (Å²) in [5.41, 5.74) is 0. The fourth-order valence-corrected chi connectivity index (χ4v) is 1.79. The van der Waals surface area contributed by atoms with Crippen molar-refractivity contribution in [3.05, 3.63) is 0 Å². The fourth-order valence-electron chi connectivity index (χ4n) is 1.03. The number of nitriles is 1. The highest BCUT2D eigenvalue weighted by atomic mass is 28.4. The maximum Gasteiger partial charge on any atom is 0.183 e. The minimum atomic E-state index is -1.38. The van der Waals surface area contributed by atoms with Gasteiger partial charge in [0.15, 0.2) is 8.32 Å². The van der Waals surface area contributed by atoms with Gasteiger partial charge in [-0.25, -0.2) is 0 Å². The lowest BCUT2D eigenvalue weighted by atomic mass is 10.2. The summed E-state index contributed by atoms with van der Waals surface area (Å²) in [5.74, 6) is 0. The van der Waals surface area contributed by atoms with Crippen LogP contribution < -0.4 is 0 Å². The van der Waals surface area contributed by atoms with Gasteiger partial charge in [0.2, 0.25) is 0 Å². The molecule has 0 aliphatic heterocycles. The van der Waals surface area contributed by atoms with E-state index in [-0.39, 0.29) is 6.10 Å². The van der Waals surface area contributed by atoms with E-state index in [1.807, 2.05) is 6.92 Å². The molecule has 1 atom stereocenters. The zero-order valence-corrected chi connectivity index (χ0v) is 10.7. The Morgan fingerprint density at radius 2 is 2.00 bits per heavy atom. The van der Waals surface area contributed by atoms with Crippen LogP contribution in [0.25, 0.3) is 0 Å². The molecule has 0 spiro atoms. The molecule has 0 aliphatic carbocycles. The second kappa shape index (κ2) is 6.99. The lowest BCUT2D eigenvalue weighted by Gasteiger charge is -2.17. The molecule has 0 amide bonds. The van der Waals surface area contributed by atoms with E-state index < -0.39 is 8.32 Å². The summed E-state index contributed by atoms with van der Waals surface area (Å²) in [4.78, 5) is 0. The molecule has 0 heterocycles. The summed E-state index contributed by atoms with van der Waals surface area (Å²) in [6, 6.07) is 2.13. The van der Waals surface area contributed by atoms with Crippen molar-refractivity contribution >= 4 is 8.32 Å². The fraction of sp³-hybridized carbons (Fsp3) is 0.900. The molecule has 0 aromatic rings. The van der Waals surface area contributed by atoms with Crippen molar-refractivity contribution in [2.75, 3.05) is 13.2 Å². The molecule has 82 valence electrons. The molecule has 0 fully saturated rings. The molecular weight excluding hydrogens is 194 g/mol. The molecular formula is C10H21NO2Si. The Balaban J connectivity index is 3.48. The monoisotopic (exact) mass is 215 g/mol. The second-order valence-corrected chi connectivity index (χ2v) is 8.69. The molecule has 0 bridgehead atoms. The Hall–Kier alpha value is -0.373. The largest absolute Gasteiger partial charge is 0.418 e. The Labute approximate surface area is 88.1 Å². The Morgan fingerprint density at radius 3 is 2.43 bits per heavy atom. The first kappa shape index (κ1) is 13.6. The number of rotatable bonds is 7. The van der Waals surface area contributed by atoms with Gasteiger partial charge in [0.05, 0.1) is 6.07 Å². The van der Waals surface area contributed by atoms with E-state index in [9.17, 15) is 0 Å². The molecule has 4 heteroatoms. The maximum absolute atomic E-state index is 8.71. The minimum absolute atomic E-state index is 0.259. The van der Waals surface area contributed by atoms with Crippen LogP contribution in [0.15, 0.2) is 0 Å². The van der Waals surface area contributed by atoms with Crippen molar-refractivity contribution in [3.63, 3.8) is 0 Å². The molecule has 0 radical (unpaired) electrons. The quantitative estimate of drug-likeness (QED) is 0.484. The third-order valence-corrected chi connectivity index (χ3v) is 2.73. The Kier molecular flexibility index (Phi) is 6.80. The average molecular weight is 215 g/mol. The molecule has 0 N–H and O–H groups in total. The summed E-state index contributed by atoms with van der Waals surface area (Å²) in [5, 5.41) is 8.71. The van der Waals surface area contributed by atoms with Gasteiger partial charge in [-0.3, -0.25) is 0 Å². The zero-order chi connectivity index (χ0) is 11.0. The first-order chi connectivity index (χ1) is 6.49. The maximum atomic E-state index is 8.71. The van der Waals surface area contributed by atoms with E-state index in [1.165, 1.54) is 0 Å². The van der Waals surface area contributed by atoms with E-state index >= 15 is 0 Å². The van der Waals surface area contributed by atoms with Gasteiger partial charge in [-0.2, -0.15) is 5.26 Å². The van der Waals surface area contributed by atoms with Crippen LogP contribution in [0, 0.1) is 11.3 Å². The van der Waals surface area contributed by atoms with E-state index in [0.29, 0.717) is 6.61 Å².